The maximum Gasteiger partial charge on any atom is 0.169 e. The number of rotatable bonds is 2. The molecule has 4 rings (SSSR count). The lowest BCUT2D eigenvalue weighted by Crippen LogP contribution is -2.33. The molecule has 4 heteroatoms. The van der Waals surface area contributed by atoms with Crippen molar-refractivity contribution in [2.45, 2.75) is 31.5 Å². The van der Waals surface area contributed by atoms with Gasteiger partial charge in [0.1, 0.15) is 11.5 Å². The van der Waals surface area contributed by atoms with E-state index < -0.39 is 0 Å². The second-order valence-electron chi connectivity index (χ2n) is 6.47. The van der Waals surface area contributed by atoms with Crippen LogP contribution in [-0.4, -0.2) is 31.2 Å². The molecule has 0 bridgehead atoms. The summed E-state index contributed by atoms with van der Waals surface area (Å²) < 4.78 is 17.1. The predicted octanol–water partition coefficient (Wildman–Crippen LogP) is 4.25. The van der Waals surface area contributed by atoms with Crippen LogP contribution in [0.3, 0.4) is 0 Å². The summed E-state index contributed by atoms with van der Waals surface area (Å²) in [5.41, 5.74) is 2.12. The van der Waals surface area contributed by atoms with Crippen LogP contribution in [0.5, 0.6) is 11.5 Å². The SMILES string of the molecule is COc1cc(C=C2CCC3(CC2)OCCO3)c(O)c2ccccc12. The molecular formula is C20H22O4. The van der Waals surface area contributed by atoms with Crippen molar-refractivity contribution < 1.29 is 19.3 Å². The van der Waals surface area contributed by atoms with Crippen molar-refractivity contribution in [3.8, 4) is 11.5 Å². The number of benzene rings is 2. The summed E-state index contributed by atoms with van der Waals surface area (Å²) in [6.45, 7) is 1.39. The van der Waals surface area contributed by atoms with Gasteiger partial charge in [0, 0.05) is 29.2 Å². The highest BCUT2D eigenvalue weighted by Crippen LogP contribution is 2.41. The first-order valence-electron chi connectivity index (χ1n) is 8.47. The number of aromatic hydroxyl groups is 1. The van der Waals surface area contributed by atoms with Gasteiger partial charge < -0.3 is 19.3 Å². The first-order chi connectivity index (χ1) is 11.7. The van der Waals surface area contributed by atoms with Crippen LogP contribution in [-0.2, 0) is 9.47 Å². The number of phenols is 1. The summed E-state index contributed by atoms with van der Waals surface area (Å²) in [5, 5.41) is 12.4. The standard InChI is InChI=1S/C20H22O4/c1-22-18-13-15(19(21)17-5-3-2-4-16(17)18)12-14-6-8-20(9-7-14)23-10-11-24-20/h2-5,12-13,21H,6-11H2,1H3. The van der Waals surface area contributed by atoms with Gasteiger partial charge in [0.05, 0.1) is 20.3 Å². The van der Waals surface area contributed by atoms with Crippen LogP contribution in [0, 0.1) is 0 Å². The van der Waals surface area contributed by atoms with Gasteiger partial charge in [-0.3, -0.25) is 0 Å². The molecule has 0 aromatic heterocycles. The second kappa shape index (κ2) is 6.11. The van der Waals surface area contributed by atoms with Crippen molar-refractivity contribution >= 4 is 16.8 Å². The highest BCUT2D eigenvalue weighted by Gasteiger charge is 2.38. The van der Waals surface area contributed by atoms with Crippen LogP contribution in [0.1, 0.15) is 31.2 Å². The first kappa shape index (κ1) is 15.5. The molecule has 0 unspecified atom stereocenters. The van der Waals surface area contributed by atoms with Gasteiger partial charge in [0.15, 0.2) is 5.79 Å². The van der Waals surface area contributed by atoms with Crippen molar-refractivity contribution in [1.29, 1.82) is 0 Å². The quantitative estimate of drug-likeness (QED) is 0.896. The van der Waals surface area contributed by atoms with E-state index in [1.807, 2.05) is 30.3 Å². The van der Waals surface area contributed by atoms with Gasteiger partial charge >= 0.3 is 0 Å². The van der Waals surface area contributed by atoms with Crippen LogP contribution in [0.4, 0.5) is 0 Å². The van der Waals surface area contributed by atoms with E-state index in [0.29, 0.717) is 19.0 Å². The summed E-state index contributed by atoms with van der Waals surface area (Å²) >= 11 is 0. The van der Waals surface area contributed by atoms with Crippen molar-refractivity contribution in [1.82, 2.24) is 0 Å². The zero-order chi connectivity index (χ0) is 16.6. The smallest absolute Gasteiger partial charge is 0.169 e. The monoisotopic (exact) mass is 326 g/mol. The molecule has 2 aromatic carbocycles. The van der Waals surface area contributed by atoms with Crippen LogP contribution in [0.15, 0.2) is 35.9 Å². The Morgan fingerprint density at radius 3 is 2.42 bits per heavy atom. The van der Waals surface area contributed by atoms with Crippen molar-refractivity contribution in [2.24, 2.45) is 0 Å². The Labute approximate surface area is 141 Å². The molecule has 1 saturated heterocycles. The van der Waals surface area contributed by atoms with Gasteiger partial charge in [-0.1, -0.05) is 35.9 Å². The summed E-state index contributed by atoms with van der Waals surface area (Å²) in [4.78, 5) is 0. The molecular weight excluding hydrogens is 304 g/mol. The molecule has 126 valence electrons. The summed E-state index contributed by atoms with van der Waals surface area (Å²) in [6.07, 6.45) is 5.70. The molecule has 0 amide bonds. The Balaban J connectivity index is 1.66. The molecule has 4 nitrogen and oxygen atoms in total. The minimum absolute atomic E-state index is 0.313. The number of ether oxygens (including phenoxy) is 3. The summed E-state index contributed by atoms with van der Waals surface area (Å²) in [7, 11) is 1.66. The van der Waals surface area contributed by atoms with E-state index in [2.05, 4.69) is 6.08 Å². The van der Waals surface area contributed by atoms with Crippen molar-refractivity contribution in [3.63, 3.8) is 0 Å². The molecule has 2 aromatic rings. The average Bonchev–Trinajstić information content (AvgIpc) is 3.08. The molecule has 0 radical (unpaired) electrons. The summed E-state index contributed by atoms with van der Waals surface area (Å²) in [6, 6.07) is 9.68. The van der Waals surface area contributed by atoms with Crippen LogP contribution < -0.4 is 4.74 Å². The number of allylic oxidation sites excluding steroid dienone is 1. The third-order valence-electron chi connectivity index (χ3n) is 5.05. The van der Waals surface area contributed by atoms with Gasteiger partial charge in [-0.05, 0) is 18.9 Å². The van der Waals surface area contributed by atoms with Crippen LogP contribution in [0.2, 0.25) is 0 Å². The fraction of sp³-hybridized carbons (Fsp3) is 0.400. The number of fused-ring (bicyclic) bond motifs is 1. The average molecular weight is 326 g/mol. The van der Waals surface area contributed by atoms with Crippen molar-refractivity contribution in [3.05, 3.63) is 41.5 Å². The van der Waals surface area contributed by atoms with Crippen molar-refractivity contribution in [2.75, 3.05) is 20.3 Å². The van der Waals surface area contributed by atoms with E-state index in [1.165, 1.54) is 5.57 Å². The van der Waals surface area contributed by atoms with Gasteiger partial charge in [-0.15, -0.1) is 0 Å². The van der Waals surface area contributed by atoms with Crippen LogP contribution in [0.25, 0.3) is 16.8 Å². The van der Waals surface area contributed by atoms with E-state index in [1.54, 1.807) is 7.11 Å². The molecule has 1 heterocycles. The fourth-order valence-corrected chi connectivity index (χ4v) is 3.73. The Hall–Kier alpha value is -2.04. The molecule has 2 aliphatic rings. The van der Waals surface area contributed by atoms with E-state index in [0.717, 1.165) is 47.8 Å². The maximum absolute atomic E-state index is 10.7. The largest absolute Gasteiger partial charge is 0.507 e. The number of hydrogen-bond acceptors (Lipinski definition) is 4. The van der Waals surface area contributed by atoms with E-state index >= 15 is 0 Å². The van der Waals surface area contributed by atoms with E-state index in [-0.39, 0.29) is 5.79 Å². The van der Waals surface area contributed by atoms with Gasteiger partial charge in [-0.25, -0.2) is 0 Å². The molecule has 1 N–H and O–H groups in total. The third-order valence-corrected chi connectivity index (χ3v) is 5.05. The normalized spacial score (nSPS) is 19.8. The molecule has 1 spiro atoms. The topological polar surface area (TPSA) is 47.9 Å². The minimum atomic E-state index is -0.361. The highest BCUT2D eigenvalue weighted by molar-refractivity contribution is 5.96. The molecule has 1 aliphatic heterocycles. The number of hydrogen-bond donors (Lipinski definition) is 1. The van der Waals surface area contributed by atoms with Gasteiger partial charge in [0.25, 0.3) is 0 Å². The number of phenolic OH excluding ortho intramolecular Hbond substituents is 1. The molecule has 1 aliphatic carbocycles. The fourth-order valence-electron chi connectivity index (χ4n) is 3.73. The molecule has 1 saturated carbocycles. The Morgan fingerprint density at radius 2 is 1.75 bits per heavy atom. The second-order valence-corrected chi connectivity index (χ2v) is 6.47. The predicted molar refractivity (Wildman–Crippen MR) is 93.2 cm³/mol. The molecule has 0 atom stereocenters. The van der Waals surface area contributed by atoms with Gasteiger partial charge in [-0.2, -0.15) is 0 Å². The Morgan fingerprint density at radius 1 is 1.08 bits per heavy atom. The maximum atomic E-state index is 10.7. The summed E-state index contributed by atoms with van der Waals surface area (Å²) in [5.74, 6) is 0.734. The minimum Gasteiger partial charge on any atom is -0.507 e. The lowest BCUT2D eigenvalue weighted by Gasteiger charge is -2.32. The third kappa shape index (κ3) is 2.66. The zero-order valence-corrected chi connectivity index (χ0v) is 13.9. The van der Waals surface area contributed by atoms with E-state index in [4.69, 9.17) is 14.2 Å². The lowest BCUT2D eigenvalue weighted by atomic mass is 9.88. The first-order valence-corrected chi connectivity index (χ1v) is 8.47. The number of methoxy groups -OCH3 is 1. The Kier molecular flexibility index (Phi) is 3.94. The zero-order valence-electron chi connectivity index (χ0n) is 13.9. The van der Waals surface area contributed by atoms with E-state index in [9.17, 15) is 5.11 Å². The lowest BCUT2D eigenvalue weighted by molar-refractivity contribution is -0.171. The molecule has 2 fully saturated rings. The van der Waals surface area contributed by atoms with Crippen LogP contribution >= 0.6 is 0 Å². The highest BCUT2D eigenvalue weighted by atomic mass is 16.7. The molecule has 24 heavy (non-hydrogen) atoms. The van der Waals surface area contributed by atoms with Gasteiger partial charge in [0.2, 0.25) is 0 Å². The Bertz CT molecular complexity index is 776.